The molecule has 0 bridgehead atoms. The Hall–Kier alpha value is -0.920. The fraction of sp³-hybridized carbons (Fsp3) is 0.600. The summed E-state index contributed by atoms with van der Waals surface area (Å²) < 4.78 is 0. The van der Waals surface area contributed by atoms with E-state index in [-0.39, 0.29) is 5.78 Å². The largest absolute Gasteiger partial charge is 0.298 e. The molecule has 0 aromatic carbocycles. The van der Waals surface area contributed by atoms with Crippen LogP contribution in [0.15, 0.2) is 11.6 Å². The normalized spacial score (nSPS) is 25.6. The Labute approximate surface area is 72.7 Å². The van der Waals surface area contributed by atoms with E-state index in [0.29, 0.717) is 17.9 Å². The van der Waals surface area contributed by atoms with Crippen molar-refractivity contribution in [2.75, 3.05) is 0 Å². The molecule has 1 aliphatic carbocycles. The van der Waals surface area contributed by atoms with E-state index in [0.717, 1.165) is 25.5 Å². The Morgan fingerprint density at radius 3 is 3.00 bits per heavy atom. The Balaban J connectivity index is 2.71. The van der Waals surface area contributed by atoms with Gasteiger partial charge in [0.25, 0.3) is 0 Å². The van der Waals surface area contributed by atoms with Crippen molar-refractivity contribution in [1.29, 1.82) is 0 Å². The van der Waals surface area contributed by atoms with Crippen LogP contribution in [0.3, 0.4) is 0 Å². The standard InChI is InChI=1S/C10H14O2/c1-8-3-2-4-10(12)6-9(5-8)7-11/h6-8H,2-5H2,1H3. The van der Waals surface area contributed by atoms with Crippen molar-refractivity contribution in [2.24, 2.45) is 5.92 Å². The van der Waals surface area contributed by atoms with E-state index in [1.807, 2.05) is 0 Å². The zero-order chi connectivity index (χ0) is 8.97. The van der Waals surface area contributed by atoms with Gasteiger partial charge in [0.2, 0.25) is 0 Å². The van der Waals surface area contributed by atoms with Crippen LogP contribution in [0.25, 0.3) is 0 Å². The SMILES string of the molecule is CC1CCCC(=O)C=C(C=O)C1. The molecule has 0 N–H and O–H groups in total. The molecule has 1 unspecified atom stereocenters. The molecule has 12 heavy (non-hydrogen) atoms. The zero-order valence-corrected chi connectivity index (χ0v) is 7.38. The van der Waals surface area contributed by atoms with Gasteiger partial charge >= 0.3 is 0 Å². The van der Waals surface area contributed by atoms with E-state index < -0.39 is 0 Å². The lowest BCUT2D eigenvalue weighted by Crippen LogP contribution is -2.06. The van der Waals surface area contributed by atoms with Gasteiger partial charge in [-0.15, -0.1) is 0 Å². The van der Waals surface area contributed by atoms with Crippen LogP contribution < -0.4 is 0 Å². The van der Waals surface area contributed by atoms with Crippen molar-refractivity contribution in [3.63, 3.8) is 0 Å². The smallest absolute Gasteiger partial charge is 0.156 e. The summed E-state index contributed by atoms with van der Waals surface area (Å²) in [6, 6.07) is 0. The molecule has 0 saturated carbocycles. The molecule has 0 spiro atoms. The van der Waals surface area contributed by atoms with Crippen molar-refractivity contribution in [1.82, 2.24) is 0 Å². The van der Waals surface area contributed by atoms with Gasteiger partial charge in [-0.05, 0) is 36.8 Å². The highest BCUT2D eigenvalue weighted by Crippen LogP contribution is 2.19. The van der Waals surface area contributed by atoms with E-state index in [9.17, 15) is 9.59 Å². The van der Waals surface area contributed by atoms with E-state index in [2.05, 4.69) is 6.92 Å². The highest BCUT2D eigenvalue weighted by molar-refractivity contribution is 5.95. The summed E-state index contributed by atoms with van der Waals surface area (Å²) in [5, 5.41) is 0. The summed E-state index contributed by atoms with van der Waals surface area (Å²) >= 11 is 0. The van der Waals surface area contributed by atoms with Gasteiger partial charge in [0.1, 0.15) is 6.29 Å². The summed E-state index contributed by atoms with van der Waals surface area (Å²) in [4.78, 5) is 21.6. The van der Waals surface area contributed by atoms with E-state index >= 15 is 0 Å². The second kappa shape index (κ2) is 4.19. The van der Waals surface area contributed by atoms with E-state index in [1.54, 1.807) is 0 Å². The first-order valence-corrected chi connectivity index (χ1v) is 4.41. The second-order valence-corrected chi connectivity index (χ2v) is 3.50. The average molecular weight is 166 g/mol. The molecule has 66 valence electrons. The molecule has 0 fully saturated rings. The van der Waals surface area contributed by atoms with Crippen LogP contribution in [0.1, 0.15) is 32.6 Å². The third-order valence-corrected chi connectivity index (χ3v) is 2.20. The van der Waals surface area contributed by atoms with Gasteiger partial charge in [0.15, 0.2) is 5.78 Å². The fourth-order valence-electron chi connectivity index (χ4n) is 1.55. The van der Waals surface area contributed by atoms with Crippen molar-refractivity contribution in [2.45, 2.75) is 32.6 Å². The van der Waals surface area contributed by atoms with Crippen molar-refractivity contribution >= 4 is 12.1 Å². The van der Waals surface area contributed by atoms with Gasteiger partial charge in [-0.2, -0.15) is 0 Å². The molecule has 0 heterocycles. The molecular formula is C10H14O2. The van der Waals surface area contributed by atoms with Crippen LogP contribution in [0.5, 0.6) is 0 Å². The number of allylic oxidation sites excluding steroid dienone is 2. The van der Waals surface area contributed by atoms with Crippen LogP contribution in [0, 0.1) is 5.92 Å². The molecule has 0 saturated heterocycles. The first-order chi connectivity index (χ1) is 5.72. The minimum atomic E-state index is 0.101. The van der Waals surface area contributed by atoms with E-state index in [4.69, 9.17) is 0 Å². The second-order valence-electron chi connectivity index (χ2n) is 3.50. The predicted molar refractivity (Wildman–Crippen MR) is 46.8 cm³/mol. The fourth-order valence-corrected chi connectivity index (χ4v) is 1.55. The monoisotopic (exact) mass is 166 g/mol. The Bertz CT molecular complexity index is 216. The summed E-state index contributed by atoms with van der Waals surface area (Å²) in [6.07, 6.45) is 5.68. The van der Waals surface area contributed by atoms with Crippen LogP contribution >= 0.6 is 0 Å². The molecular weight excluding hydrogens is 152 g/mol. The highest BCUT2D eigenvalue weighted by atomic mass is 16.1. The third kappa shape index (κ3) is 2.61. The molecule has 2 nitrogen and oxygen atoms in total. The number of hydrogen-bond acceptors (Lipinski definition) is 2. The third-order valence-electron chi connectivity index (χ3n) is 2.20. The molecule has 1 aliphatic rings. The number of ketones is 1. The molecule has 0 amide bonds. The Morgan fingerprint density at radius 1 is 1.58 bits per heavy atom. The Kier molecular flexibility index (Phi) is 3.20. The first-order valence-electron chi connectivity index (χ1n) is 4.41. The quantitative estimate of drug-likeness (QED) is 0.557. The Morgan fingerprint density at radius 2 is 2.33 bits per heavy atom. The predicted octanol–water partition coefficient (Wildman–Crippen LogP) is 1.89. The van der Waals surface area contributed by atoms with E-state index in [1.165, 1.54) is 6.08 Å². The molecule has 0 aliphatic heterocycles. The van der Waals surface area contributed by atoms with Crippen LogP contribution in [0.2, 0.25) is 0 Å². The summed E-state index contributed by atoms with van der Waals surface area (Å²) in [5.41, 5.74) is 0.659. The lowest BCUT2D eigenvalue weighted by Gasteiger charge is -2.12. The van der Waals surface area contributed by atoms with Gasteiger partial charge in [0, 0.05) is 6.42 Å². The average Bonchev–Trinajstić information content (AvgIpc) is 2.00. The van der Waals surface area contributed by atoms with Crippen LogP contribution in [0.4, 0.5) is 0 Å². The maximum absolute atomic E-state index is 11.1. The van der Waals surface area contributed by atoms with Crippen molar-refractivity contribution in [3.05, 3.63) is 11.6 Å². The van der Waals surface area contributed by atoms with Crippen LogP contribution in [-0.4, -0.2) is 12.1 Å². The molecule has 1 atom stereocenters. The van der Waals surface area contributed by atoms with Gasteiger partial charge in [-0.25, -0.2) is 0 Å². The van der Waals surface area contributed by atoms with Gasteiger partial charge in [0.05, 0.1) is 0 Å². The summed E-state index contributed by atoms with van der Waals surface area (Å²) in [5.74, 6) is 0.638. The topological polar surface area (TPSA) is 34.1 Å². The number of carbonyl (C=O) groups is 2. The molecule has 1 rings (SSSR count). The molecule has 0 aromatic rings. The van der Waals surface area contributed by atoms with Gasteiger partial charge < -0.3 is 0 Å². The molecule has 0 radical (unpaired) electrons. The van der Waals surface area contributed by atoms with Crippen molar-refractivity contribution in [3.8, 4) is 0 Å². The molecule has 0 aromatic heterocycles. The lowest BCUT2D eigenvalue weighted by molar-refractivity contribution is -0.115. The number of rotatable bonds is 1. The van der Waals surface area contributed by atoms with Crippen LogP contribution in [-0.2, 0) is 9.59 Å². The van der Waals surface area contributed by atoms with Gasteiger partial charge in [-0.1, -0.05) is 6.92 Å². The number of carbonyl (C=O) groups excluding carboxylic acids is 2. The first kappa shape index (κ1) is 9.17. The summed E-state index contributed by atoms with van der Waals surface area (Å²) in [7, 11) is 0. The molecule has 2 heteroatoms. The maximum atomic E-state index is 11.1. The zero-order valence-electron chi connectivity index (χ0n) is 7.38. The summed E-state index contributed by atoms with van der Waals surface area (Å²) in [6.45, 7) is 2.12. The van der Waals surface area contributed by atoms with Crippen molar-refractivity contribution < 1.29 is 9.59 Å². The van der Waals surface area contributed by atoms with Gasteiger partial charge in [-0.3, -0.25) is 9.59 Å². The number of aldehydes is 1. The minimum absolute atomic E-state index is 0.101. The number of hydrogen-bond donors (Lipinski definition) is 0. The highest BCUT2D eigenvalue weighted by Gasteiger charge is 2.11. The maximum Gasteiger partial charge on any atom is 0.156 e. The lowest BCUT2D eigenvalue weighted by atomic mass is 9.92. The minimum Gasteiger partial charge on any atom is -0.298 e.